The van der Waals surface area contributed by atoms with Crippen LogP contribution in [0.4, 0.5) is 0 Å². The lowest BCUT2D eigenvalue weighted by Crippen LogP contribution is -2.02. The smallest absolute Gasteiger partial charge is 0.235 e. The number of para-hydroxylation sites is 1. The third kappa shape index (κ3) is 4.98. The second kappa shape index (κ2) is 12.6. The normalized spacial score (nSPS) is 11.9. The number of fused-ring (bicyclic) bond motifs is 8. The van der Waals surface area contributed by atoms with Gasteiger partial charge in [-0.3, -0.25) is 9.55 Å². The zero-order chi connectivity index (χ0) is 37.5. The van der Waals surface area contributed by atoms with Gasteiger partial charge in [-0.05, 0) is 82.1 Å². The van der Waals surface area contributed by atoms with Crippen molar-refractivity contribution in [2.24, 2.45) is 0 Å². The van der Waals surface area contributed by atoms with Gasteiger partial charge in [0.1, 0.15) is 0 Å². The first kappa shape index (κ1) is 31.9. The molecule has 0 bridgehead atoms. The van der Waals surface area contributed by atoms with Gasteiger partial charge in [0.05, 0.1) is 38.0 Å². The van der Waals surface area contributed by atoms with E-state index in [9.17, 15) is 0 Å². The molecular weight excluding hydrogens is 715 g/mol. The summed E-state index contributed by atoms with van der Waals surface area (Å²) >= 11 is 1.75. The van der Waals surface area contributed by atoms with Gasteiger partial charge < -0.3 is 4.57 Å². The Morgan fingerprint density at radius 1 is 0.439 bits per heavy atom. The lowest BCUT2D eigenvalue weighted by atomic mass is 9.97. The Kier molecular flexibility index (Phi) is 7.03. The Morgan fingerprint density at radius 2 is 1.12 bits per heavy atom. The summed E-state index contributed by atoms with van der Waals surface area (Å²) < 4.78 is 5.69. The summed E-state index contributed by atoms with van der Waals surface area (Å²) in [5.41, 5.74) is 12.0. The van der Waals surface area contributed by atoms with Gasteiger partial charge in [0.15, 0.2) is 0 Å². The van der Waals surface area contributed by atoms with Crippen LogP contribution in [0.1, 0.15) is 0 Å². The van der Waals surface area contributed by atoms with Crippen molar-refractivity contribution in [3.05, 3.63) is 188 Å². The number of hydrogen-bond acceptors (Lipinski definition) is 4. The molecule has 0 spiro atoms. The average molecular weight is 746 g/mol. The number of pyridine rings is 1. The van der Waals surface area contributed by atoms with E-state index in [0.29, 0.717) is 5.95 Å². The quantitative estimate of drug-likeness (QED) is 0.176. The van der Waals surface area contributed by atoms with Crippen LogP contribution in [-0.4, -0.2) is 24.1 Å². The molecule has 6 heteroatoms. The molecule has 5 heterocycles. The van der Waals surface area contributed by atoms with E-state index in [4.69, 9.17) is 9.97 Å². The molecule has 57 heavy (non-hydrogen) atoms. The van der Waals surface area contributed by atoms with Crippen molar-refractivity contribution in [3.63, 3.8) is 0 Å². The maximum absolute atomic E-state index is 5.44. The molecule has 5 nitrogen and oxygen atoms in total. The highest BCUT2D eigenvalue weighted by Gasteiger charge is 2.22. The molecule has 7 aromatic carbocycles. The van der Waals surface area contributed by atoms with E-state index in [1.54, 1.807) is 11.3 Å². The van der Waals surface area contributed by atoms with Crippen LogP contribution in [0.15, 0.2) is 188 Å². The predicted molar refractivity (Wildman–Crippen MR) is 238 cm³/mol. The largest absolute Gasteiger partial charge is 0.309 e. The minimum atomic E-state index is 0.657. The third-order valence-corrected chi connectivity index (χ3v) is 12.4. The lowest BCUT2D eigenvalue weighted by molar-refractivity contribution is 1.02. The van der Waals surface area contributed by atoms with E-state index in [1.807, 2.05) is 12.4 Å². The van der Waals surface area contributed by atoms with Gasteiger partial charge in [0.2, 0.25) is 5.95 Å². The number of nitrogens with zero attached hydrogens (tertiary/aromatic N) is 5. The Balaban J connectivity index is 1.14. The van der Waals surface area contributed by atoms with Crippen LogP contribution < -0.4 is 0 Å². The number of rotatable bonds is 5. The lowest BCUT2D eigenvalue weighted by Gasteiger charge is -2.11. The highest BCUT2D eigenvalue weighted by Crippen LogP contribution is 2.43. The van der Waals surface area contributed by atoms with E-state index < -0.39 is 0 Å². The SMILES string of the molecule is c1ccc(-c2cc3nc(-n4c5ccc(-c6cccc7c6c6ccccc6n7-c6ccncc6)cc5c5cc6ccccc6cc54)nc(-c4ccccc4)c3s2)cc1. The van der Waals surface area contributed by atoms with E-state index in [0.717, 1.165) is 60.0 Å². The number of thiophene rings is 1. The Bertz CT molecular complexity index is 3510. The van der Waals surface area contributed by atoms with Crippen LogP contribution in [0, 0.1) is 0 Å². The molecule has 0 radical (unpaired) electrons. The summed E-state index contributed by atoms with van der Waals surface area (Å²) in [5.74, 6) is 0.657. The van der Waals surface area contributed by atoms with Gasteiger partial charge in [0, 0.05) is 50.1 Å². The fourth-order valence-electron chi connectivity index (χ4n) is 8.67. The summed E-state index contributed by atoms with van der Waals surface area (Å²) in [7, 11) is 0. The first-order chi connectivity index (χ1) is 28.3. The molecular formula is C51H31N5S. The van der Waals surface area contributed by atoms with Crippen LogP contribution in [0.25, 0.3) is 109 Å². The second-order valence-electron chi connectivity index (χ2n) is 14.5. The van der Waals surface area contributed by atoms with Crippen LogP contribution in [0.3, 0.4) is 0 Å². The molecule has 5 aromatic heterocycles. The molecule has 0 N–H and O–H groups in total. The molecule has 0 amide bonds. The summed E-state index contributed by atoms with van der Waals surface area (Å²) in [6.07, 6.45) is 3.72. The third-order valence-electron chi connectivity index (χ3n) is 11.2. The number of aromatic nitrogens is 5. The number of benzene rings is 7. The first-order valence-corrected chi connectivity index (χ1v) is 19.9. The van der Waals surface area contributed by atoms with Gasteiger partial charge in [-0.25, -0.2) is 9.97 Å². The topological polar surface area (TPSA) is 48.5 Å². The average Bonchev–Trinajstić information content (AvgIpc) is 3.96. The van der Waals surface area contributed by atoms with Crippen molar-refractivity contribution >= 4 is 75.9 Å². The second-order valence-corrected chi connectivity index (χ2v) is 15.5. The standard InChI is InChI=1S/C51H31N5S/c1-3-12-32(13-4-1)47-31-42-50(57-47)49(33-14-5-2-6-15-33)54-51(53-42)56-44-23-22-36(29-40(44)41-28-34-16-7-8-17-35(34)30-46(41)56)38-19-11-21-45-48(38)39-18-9-10-20-43(39)55(45)37-24-26-52-27-25-37/h1-31H. The molecule has 12 rings (SSSR count). The molecule has 0 fully saturated rings. The molecule has 0 aliphatic carbocycles. The monoisotopic (exact) mass is 745 g/mol. The highest BCUT2D eigenvalue weighted by atomic mass is 32.1. The maximum atomic E-state index is 5.44. The molecule has 0 saturated carbocycles. The van der Waals surface area contributed by atoms with Crippen molar-refractivity contribution in [2.75, 3.05) is 0 Å². The first-order valence-electron chi connectivity index (χ1n) is 19.1. The molecule has 0 aliphatic rings. The van der Waals surface area contributed by atoms with Gasteiger partial charge in [-0.2, -0.15) is 0 Å². The maximum Gasteiger partial charge on any atom is 0.235 e. The predicted octanol–water partition coefficient (Wildman–Crippen LogP) is 13.4. The summed E-state index contributed by atoms with van der Waals surface area (Å²) in [6.45, 7) is 0. The summed E-state index contributed by atoms with van der Waals surface area (Å²) in [4.78, 5) is 16.3. The fourth-order valence-corrected chi connectivity index (χ4v) is 9.79. The molecule has 266 valence electrons. The summed E-state index contributed by atoms with van der Waals surface area (Å²) in [5, 5.41) is 7.14. The van der Waals surface area contributed by atoms with Crippen molar-refractivity contribution in [1.29, 1.82) is 0 Å². The number of hydrogen-bond donors (Lipinski definition) is 0. The molecule has 0 aliphatic heterocycles. The Labute approximate surface area is 331 Å². The highest BCUT2D eigenvalue weighted by molar-refractivity contribution is 7.22. The summed E-state index contributed by atoms with van der Waals surface area (Å²) in [6, 6.07) is 62.9. The molecule has 0 saturated heterocycles. The van der Waals surface area contributed by atoms with E-state index >= 15 is 0 Å². The van der Waals surface area contributed by atoms with Crippen LogP contribution in [0.5, 0.6) is 0 Å². The fraction of sp³-hybridized carbons (Fsp3) is 0. The molecule has 0 unspecified atom stereocenters. The van der Waals surface area contributed by atoms with Gasteiger partial charge in [-0.1, -0.05) is 121 Å². The Hall–Kier alpha value is -7.41. The Morgan fingerprint density at radius 3 is 1.95 bits per heavy atom. The van der Waals surface area contributed by atoms with Crippen LogP contribution in [-0.2, 0) is 0 Å². The van der Waals surface area contributed by atoms with E-state index in [-0.39, 0.29) is 0 Å². The van der Waals surface area contributed by atoms with E-state index in [1.165, 1.54) is 43.1 Å². The van der Waals surface area contributed by atoms with Gasteiger partial charge in [-0.15, -0.1) is 11.3 Å². The van der Waals surface area contributed by atoms with Crippen molar-refractivity contribution in [1.82, 2.24) is 24.1 Å². The van der Waals surface area contributed by atoms with E-state index in [2.05, 4.69) is 190 Å². The van der Waals surface area contributed by atoms with Crippen LogP contribution >= 0.6 is 11.3 Å². The minimum Gasteiger partial charge on any atom is -0.309 e. The van der Waals surface area contributed by atoms with Gasteiger partial charge >= 0.3 is 0 Å². The molecule has 0 atom stereocenters. The van der Waals surface area contributed by atoms with Gasteiger partial charge in [0.25, 0.3) is 0 Å². The molecule has 12 aromatic rings. The van der Waals surface area contributed by atoms with Crippen molar-refractivity contribution in [3.8, 4) is 44.5 Å². The van der Waals surface area contributed by atoms with Crippen molar-refractivity contribution in [2.45, 2.75) is 0 Å². The zero-order valence-electron chi connectivity index (χ0n) is 30.5. The minimum absolute atomic E-state index is 0.657. The van der Waals surface area contributed by atoms with Crippen LogP contribution in [0.2, 0.25) is 0 Å². The zero-order valence-corrected chi connectivity index (χ0v) is 31.4. The van der Waals surface area contributed by atoms with Crippen molar-refractivity contribution < 1.29 is 0 Å².